The summed E-state index contributed by atoms with van der Waals surface area (Å²) >= 11 is 0. The molecule has 10 heavy (non-hydrogen) atoms. The molecule has 0 bridgehead atoms. The second-order valence-electron chi connectivity index (χ2n) is 3.03. The minimum Gasteiger partial charge on any atom is -0.375 e. The zero-order chi connectivity index (χ0) is 6.81. The van der Waals surface area contributed by atoms with Gasteiger partial charge in [-0.1, -0.05) is 8.58 Å². The summed E-state index contributed by atoms with van der Waals surface area (Å²) in [4.78, 5) is 2.57. The summed E-state index contributed by atoms with van der Waals surface area (Å²) in [7, 11) is 1.11. The van der Waals surface area contributed by atoms with Crippen LogP contribution in [0.2, 0.25) is 0 Å². The molecule has 0 saturated carbocycles. The number of rotatable bonds is 1. The predicted molar refractivity (Wildman–Crippen MR) is 46.7 cm³/mol. The first kappa shape index (κ1) is 6.67. The molecule has 2 aliphatic rings. The van der Waals surface area contributed by atoms with Crippen molar-refractivity contribution in [3.8, 4) is 0 Å². The summed E-state index contributed by atoms with van der Waals surface area (Å²) in [6.45, 7) is 2.66. The monoisotopic (exact) mass is 155 g/mol. The number of likely N-dealkylation sites (tertiary alicyclic amines) is 1. The quantitative estimate of drug-likeness (QED) is 0.523. The Balaban J connectivity index is 1.97. The van der Waals surface area contributed by atoms with Crippen LogP contribution in [-0.4, -0.2) is 24.2 Å². The number of hydrogen-bond acceptors (Lipinski definition) is 1. The Morgan fingerprint density at radius 3 is 2.70 bits per heavy atom. The molecule has 2 aliphatic heterocycles. The third-order valence-electron chi connectivity index (χ3n) is 2.31. The molecule has 0 amide bonds. The Morgan fingerprint density at radius 2 is 2.10 bits per heavy atom. The smallest absolute Gasteiger partial charge is 0.0175 e. The zero-order valence-electron chi connectivity index (χ0n) is 6.27. The molecule has 0 aromatic heterocycles. The van der Waals surface area contributed by atoms with Crippen LogP contribution in [0.15, 0.2) is 11.5 Å². The van der Waals surface area contributed by atoms with Gasteiger partial charge < -0.3 is 4.90 Å². The molecule has 1 fully saturated rings. The molecule has 0 aromatic rings. The van der Waals surface area contributed by atoms with Crippen LogP contribution >= 0.6 is 8.58 Å². The molecule has 2 heteroatoms. The standard InChI is InChI=1S/C8H14NP/c1-2-5-9(4-1)8-3-6-10-7-8/h7,10H,1-6H2. The van der Waals surface area contributed by atoms with Gasteiger partial charge >= 0.3 is 0 Å². The van der Waals surface area contributed by atoms with Crippen molar-refractivity contribution < 1.29 is 0 Å². The Kier molecular flexibility index (Phi) is 1.95. The maximum atomic E-state index is 2.57. The van der Waals surface area contributed by atoms with Crippen molar-refractivity contribution >= 4 is 8.58 Å². The number of nitrogens with zero attached hydrogens (tertiary/aromatic N) is 1. The maximum Gasteiger partial charge on any atom is 0.0175 e. The molecule has 2 heterocycles. The molecule has 1 atom stereocenters. The van der Waals surface area contributed by atoms with Crippen LogP contribution < -0.4 is 0 Å². The van der Waals surface area contributed by atoms with E-state index >= 15 is 0 Å². The average Bonchev–Trinajstić information content (AvgIpc) is 2.59. The molecular weight excluding hydrogens is 141 g/mol. The first-order valence-electron chi connectivity index (χ1n) is 4.14. The van der Waals surface area contributed by atoms with Crippen molar-refractivity contribution in [2.24, 2.45) is 0 Å². The summed E-state index contributed by atoms with van der Waals surface area (Å²) in [6, 6.07) is 0. The number of hydrogen-bond donors (Lipinski definition) is 0. The second-order valence-corrected chi connectivity index (χ2v) is 4.23. The molecule has 1 unspecified atom stereocenters. The SMILES string of the molecule is C1=C(N2CCCC2)CCP1. The minimum absolute atomic E-state index is 1.11. The van der Waals surface area contributed by atoms with Crippen LogP contribution in [0.4, 0.5) is 0 Å². The van der Waals surface area contributed by atoms with Crippen molar-refractivity contribution in [2.45, 2.75) is 19.3 Å². The first-order valence-corrected chi connectivity index (χ1v) is 5.42. The van der Waals surface area contributed by atoms with E-state index in [1.807, 2.05) is 0 Å². The third kappa shape index (κ3) is 1.20. The van der Waals surface area contributed by atoms with Gasteiger partial charge in [-0.2, -0.15) is 0 Å². The molecule has 0 aromatic carbocycles. The van der Waals surface area contributed by atoms with Gasteiger partial charge in [0.05, 0.1) is 0 Å². The summed E-state index contributed by atoms with van der Waals surface area (Å²) in [5.74, 6) is 2.45. The summed E-state index contributed by atoms with van der Waals surface area (Å²) < 4.78 is 0. The normalized spacial score (nSPS) is 28.0. The fourth-order valence-corrected chi connectivity index (χ4v) is 2.82. The van der Waals surface area contributed by atoms with Gasteiger partial charge in [0.2, 0.25) is 0 Å². The fourth-order valence-electron chi connectivity index (χ4n) is 1.72. The van der Waals surface area contributed by atoms with Gasteiger partial charge in [-0.15, -0.1) is 0 Å². The lowest BCUT2D eigenvalue weighted by Crippen LogP contribution is -2.17. The zero-order valence-corrected chi connectivity index (χ0v) is 7.27. The highest BCUT2D eigenvalue weighted by atomic mass is 31.1. The maximum absolute atomic E-state index is 2.57. The highest BCUT2D eigenvalue weighted by molar-refractivity contribution is 7.42. The van der Waals surface area contributed by atoms with Gasteiger partial charge in [0, 0.05) is 18.8 Å². The minimum atomic E-state index is 1.11. The number of allylic oxidation sites excluding steroid dienone is 1. The fraction of sp³-hybridized carbons (Fsp3) is 0.750. The Labute approximate surface area is 64.3 Å². The Bertz CT molecular complexity index is 147. The molecule has 0 radical (unpaired) electrons. The van der Waals surface area contributed by atoms with Gasteiger partial charge in [-0.25, -0.2) is 0 Å². The topological polar surface area (TPSA) is 3.24 Å². The average molecular weight is 155 g/mol. The first-order chi connectivity index (χ1) is 4.97. The molecular formula is C8H14NP. The van der Waals surface area contributed by atoms with Crippen molar-refractivity contribution in [3.63, 3.8) is 0 Å². The van der Waals surface area contributed by atoms with Crippen LogP contribution in [-0.2, 0) is 0 Å². The van der Waals surface area contributed by atoms with Crippen molar-refractivity contribution in [2.75, 3.05) is 19.3 Å². The lowest BCUT2D eigenvalue weighted by Gasteiger charge is -2.17. The molecule has 1 nitrogen and oxygen atoms in total. The van der Waals surface area contributed by atoms with Crippen LogP contribution in [0.25, 0.3) is 0 Å². The molecule has 2 rings (SSSR count). The van der Waals surface area contributed by atoms with Crippen LogP contribution in [0, 0.1) is 0 Å². The highest BCUT2D eigenvalue weighted by Crippen LogP contribution is 2.31. The van der Waals surface area contributed by atoms with Gasteiger partial charge in [0.1, 0.15) is 0 Å². The van der Waals surface area contributed by atoms with E-state index in [1.54, 1.807) is 5.70 Å². The van der Waals surface area contributed by atoms with Gasteiger partial charge in [-0.3, -0.25) is 0 Å². The predicted octanol–water partition coefficient (Wildman–Crippen LogP) is 2.01. The molecule has 1 saturated heterocycles. The molecule has 0 spiro atoms. The van der Waals surface area contributed by atoms with Gasteiger partial charge in [0.25, 0.3) is 0 Å². The summed E-state index contributed by atoms with van der Waals surface area (Å²) in [5.41, 5.74) is 1.65. The summed E-state index contributed by atoms with van der Waals surface area (Å²) in [6.07, 6.45) is 5.62. The Morgan fingerprint density at radius 1 is 1.30 bits per heavy atom. The van der Waals surface area contributed by atoms with E-state index in [4.69, 9.17) is 0 Å². The summed E-state index contributed by atoms with van der Waals surface area (Å²) in [5, 5.41) is 0. The largest absolute Gasteiger partial charge is 0.375 e. The lowest BCUT2D eigenvalue weighted by molar-refractivity contribution is 0.417. The molecule has 56 valence electrons. The van der Waals surface area contributed by atoms with E-state index in [0.29, 0.717) is 0 Å². The molecule has 0 aliphatic carbocycles. The second kappa shape index (κ2) is 2.92. The van der Waals surface area contributed by atoms with E-state index < -0.39 is 0 Å². The van der Waals surface area contributed by atoms with Crippen molar-refractivity contribution in [1.29, 1.82) is 0 Å². The van der Waals surface area contributed by atoms with Crippen LogP contribution in [0.1, 0.15) is 19.3 Å². The van der Waals surface area contributed by atoms with Gasteiger partial charge in [0.15, 0.2) is 0 Å². The van der Waals surface area contributed by atoms with Gasteiger partial charge in [-0.05, 0) is 31.2 Å². The van der Waals surface area contributed by atoms with E-state index in [9.17, 15) is 0 Å². The van der Waals surface area contributed by atoms with E-state index in [2.05, 4.69) is 10.7 Å². The van der Waals surface area contributed by atoms with Crippen molar-refractivity contribution in [1.82, 2.24) is 4.90 Å². The van der Waals surface area contributed by atoms with E-state index in [0.717, 1.165) is 8.58 Å². The Hall–Kier alpha value is -0.0300. The lowest BCUT2D eigenvalue weighted by atomic mass is 10.3. The van der Waals surface area contributed by atoms with Crippen LogP contribution in [0.3, 0.4) is 0 Å². The van der Waals surface area contributed by atoms with Crippen molar-refractivity contribution in [3.05, 3.63) is 11.5 Å². The third-order valence-corrected chi connectivity index (χ3v) is 3.38. The van der Waals surface area contributed by atoms with E-state index in [1.165, 1.54) is 38.5 Å². The van der Waals surface area contributed by atoms with Crippen LogP contribution in [0.5, 0.6) is 0 Å². The van der Waals surface area contributed by atoms with E-state index in [-0.39, 0.29) is 0 Å². The molecule has 0 N–H and O–H groups in total. The highest BCUT2D eigenvalue weighted by Gasteiger charge is 2.16.